The van der Waals surface area contributed by atoms with Gasteiger partial charge in [0.25, 0.3) is 5.56 Å². The molecule has 0 saturated carbocycles. The third-order valence-corrected chi connectivity index (χ3v) is 7.96. The van der Waals surface area contributed by atoms with Gasteiger partial charge in [-0.2, -0.15) is 0 Å². The first-order valence-corrected chi connectivity index (χ1v) is 12.8. The molecule has 0 saturated heterocycles. The number of ether oxygens (including phenoxy) is 1. The van der Waals surface area contributed by atoms with Gasteiger partial charge in [0.2, 0.25) is 0 Å². The van der Waals surface area contributed by atoms with Gasteiger partial charge in [-0.1, -0.05) is 23.9 Å². The number of benzene rings is 2. The summed E-state index contributed by atoms with van der Waals surface area (Å²) < 4.78 is 20.6. The Bertz CT molecular complexity index is 1350. The third kappa shape index (κ3) is 4.43. The van der Waals surface area contributed by atoms with Crippen LogP contribution in [-0.4, -0.2) is 29.8 Å². The fourth-order valence-electron chi connectivity index (χ4n) is 4.15. The zero-order chi connectivity index (χ0) is 22.9. The molecule has 0 bridgehead atoms. The Morgan fingerprint density at radius 2 is 1.94 bits per heavy atom. The van der Waals surface area contributed by atoms with E-state index in [4.69, 9.17) is 9.72 Å². The predicted molar refractivity (Wildman–Crippen MR) is 132 cm³/mol. The van der Waals surface area contributed by atoms with Crippen LogP contribution in [0.2, 0.25) is 0 Å². The molecule has 1 unspecified atom stereocenters. The van der Waals surface area contributed by atoms with Crippen molar-refractivity contribution in [2.75, 3.05) is 20.2 Å². The summed E-state index contributed by atoms with van der Waals surface area (Å²) in [6.07, 6.45) is 0.892. The summed E-state index contributed by atoms with van der Waals surface area (Å²) in [6.45, 7) is 4.47. The lowest BCUT2D eigenvalue weighted by Gasteiger charge is -2.19. The molecule has 0 radical (unpaired) electrons. The highest BCUT2D eigenvalue weighted by Gasteiger charge is 2.26. The van der Waals surface area contributed by atoms with E-state index >= 15 is 0 Å². The second kappa shape index (κ2) is 9.29. The molecule has 8 heteroatoms. The van der Waals surface area contributed by atoms with Crippen LogP contribution < -0.4 is 15.2 Å². The van der Waals surface area contributed by atoms with E-state index in [1.165, 1.54) is 33.7 Å². The molecule has 33 heavy (non-hydrogen) atoms. The van der Waals surface area contributed by atoms with E-state index in [0.717, 1.165) is 52.3 Å². The number of aromatic nitrogens is 2. The highest BCUT2D eigenvalue weighted by molar-refractivity contribution is 7.98. The van der Waals surface area contributed by atoms with Crippen molar-refractivity contribution >= 4 is 33.3 Å². The fourth-order valence-corrected chi connectivity index (χ4v) is 6.50. The second-order valence-electron chi connectivity index (χ2n) is 8.19. The van der Waals surface area contributed by atoms with Crippen molar-refractivity contribution in [2.24, 2.45) is 0 Å². The Kier molecular flexibility index (Phi) is 6.23. The molecule has 2 aromatic heterocycles. The Hall–Kier alpha value is -2.68. The topological polar surface area (TPSA) is 48.6 Å². The van der Waals surface area contributed by atoms with Crippen LogP contribution in [0.25, 0.3) is 15.9 Å². The van der Waals surface area contributed by atoms with Crippen LogP contribution in [0.15, 0.2) is 58.5 Å². The van der Waals surface area contributed by atoms with Gasteiger partial charge in [-0.15, -0.1) is 11.3 Å². The molecule has 0 spiro atoms. The maximum Gasteiger partial charge on any atom is 0.267 e. The van der Waals surface area contributed by atoms with E-state index in [1.54, 1.807) is 28.0 Å². The minimum absolute atomic E-state index is 0.0252. The maximum atomic E-state index is 13.9. The van der Waals surface area contributed by atoms with E-state index in [2.05, 4.69) is 7.05 Å². The Morgan fingerprint density at radius 3 is 2.67 bits per heavy atom. The molecule has 0 amide bonds. The molecule has 1 N–H and O–H groups in total. The SMILES string of the molecule is CCOc1ccc(-n2c(SCc3ccc(F)cc3)nc3sc4c(c3c2=O)CC[NH+](C)C4)cc1. The lowest BCUT2D eigenvalue weighted by molar-refractivity contribution is -0.895. The van der Waals surface area contributed by atoms with Gasteiger partial charge in [-0.25, -0.2) is 9.37 Å². The molecular formula is C25H25FN3O2S2+. The number of halogens is 1. The van der Waals surface area contributed by atoms with Crippen molar-refractivity contribution in [1.82, 2.24) is 9.55 Å². The molecule has 0 aliphatic carbocycles. The molecular weight excluding hydrogens is 457 g/mol. The largest absolute Gasteiger partial charge is 0.494 e. The van der Waals surface area contributed by atoms with E-state index in [0.29, 0.717) is 17.5 Å². The van der Waals surface area contributed by atoms with E-state index in [1.807, 2.05) is 31.2 Å². The summed E-state index contributed by atoms with van der Waals surface area (Å²) in [4.78, 5) is 22.3. The zero-order valence-electron chi connectivity index (χ0n) is 18.6. The highest BCUT2D eigenvalue weighted by Crippen LogP contribution is 2.32. The van der Waals surface area contributed by atoms with Crippen molar-refractivity contribution in [2.45, 2.75) is 30.8 Å². The summed E-state index contributed by atoms with van der Waals surface area (Å²) in [7, 11) is 2.18. The van der Waals surface area contributed by atoms with Crippen LogP contribution in [0.1, 0.15) is 22.9 Å². The summed E-state index contributed by atoms with van der Waals surface area (Å²) in [5.41, 5.74) is 2.87. The lowest BCUT2D eigenvalue weighted by atomic mass is 10.1. The number of nitrogens with zero attached hydrogens (tertiary/aromatic N) is 2. The van der Waals surface area contributed by atoms with Gasteiger partial charge < -0.3 is 9.64 Å². The average Bonchev–Trinajstić information content (AvgIpc) is 3.17. The minimum Gasteiger partial charge on any atom is -0.494 e. The summed E-state index contributed by atoms with van der Waals surface area (Å²) in [5.74, 6) is 1.10. The van der Waals surface area contributed by atoms with Gasteiger partial charge in [0.05, 0.1) is 36.2 Å². The first-order chi connectivity index (χ1) is 16.0. The van der Waals surface area contributed by atoms with Crippen molar-refractivity contribution < 1.29 is 14.0 Å². The van der Waals surface area contributed by atoms with Crippen LogP contribution in [0, 0.1) is 5.82 Å². The number of hydrogen-bond donors (Lipinski definition) is 1. The predicted octanol–water partition coefficient (Wildman–Crippen LogP) is 3.85. The van der Waals surface area contributed by atoms with Gasteiger partial charge in [-0.05, 0) is 54.4 Å². The standard InChI is InChI=1S/C25H24FN3O2S2/c1-3-31-19-10-8-18(9-11-19)29-24(30)22-20-12-13-28(2)14-21(20)33-23(22)27-25(29)32-15-16-4-6-17(26)7-5-16/h4-11H,3,12-15H2,1-2H3/p+1. The molecule has 5 nitrogen and oxygen atoms in total. The maximum absolute atomic E-state index is 13.9. The van der Waals surface area contributed by atoms with Crippen molar-refractivity contribution in [3.63, 3.8) is 0 Å². The van der Waals surface area contributed by atoms with Gasteiger partial charge in [0, 0.05) is 12.2 Å². The molecule has 3 heterocycles. The van der Waals surface area contributed by atoms with Crippen molar-refractivity contribution in [3.05, 3.63) is 80.7 Å². The second-order valence-corrected chi connectivity index (χ2v) is 10.2. The molecule has 1 aliphatic heterocycles. The van der Waals surface area contributed by atoms with E-state index in [-0.39, 0.29) is 11.4 Å². The lowest BCUT2D eigenvalue weighted by Crippen LogP contribution is -3.08. The molecule has 2 aromatic carbocycles. The third-order valence-electron chi connectivity index (χ3n) is 5.83. The number of hydrogen-bond acceptors (Lipinski definition) is 5. The summed E-state index contributed by atoms with van der Waals surface area (Å²) >= 11 is 3.13. The number of quaternary nitrogens is 1. The molecule has 5 rings (SSSR count). The smallest absolute Gasteiger partial charge is 0.267 e. The average molecular weight is 483 g/mol. The van der Waals surface area contributed by atoms with Gasteiger partial charge in [0.15, 0.2) is 5.16 Å². The quantitative estimate of drug-likeness (QED) is 0.335. The zero-order valence-corrected chi connectivity index (χ0v) is 20.2. The van der Waals surface area contributed by atoms with E-state index in [9.17, 15) is 9.18 Å². The van der Waals surface area contributed by atoms with Gasteiger partial charge in [0.1, 0.15) is 22.9 Å². The highest BCUT2D eigenvalue weighted by atomic mass is 32.2. The van der Waals surface area contributed by atoms with Crippen LogP contribution in [0.3, 0.4) is 0 Å². The van der Waals surface area contributed by atoms with Crippen molar-refractivity contribution in [3.8, 4) is 11.4 Å². The summed E-state index contributed by atoms with van der Waals surface area (Å²) in [5, 5.41) is 1.39. The Labute approximate surface area is 199 Å². The van der Waals surface area contributed by atoms with Crippen molar-refractivity contribution in [1.29, 1.82) is 0 Å². The number of fused-ring (bicyclic) bond motifs is 3. The van der Waals surface area contributed by atoms with Crippen LogP contribution in [-0.2, 0) is 18.7 Å². The number of thiophene rings is 1. The number of rotatable bonds is 6. The fraction of sp³-hybridized carbons (Fsp3) is 0.280. The Balaban J connectivity index is 1.62. The number of likely N-dealkylation sites (N-methyl/N-ethyl adjacent to an activating group) is 1. The van der Waals surface area contributed by atoms with Crippen LogP contribution >= 0.6 is 23.1 Å². The van der Waals surface area contributed by atoms with Crippen LogP contribution in [0.4, 0.5) is 4.39 Å². The first-order valence-electron chi connectivity index (χ1n) is 11.0. The number of thioether (sulfide) groups is 1. The number of nitrogens with one attached hydrogen (secondary N) is 1. The monoisotopic (exact) mass is 482 g/mol. The van der Waals surface area contributed by atoms with Crippen LogP contribution in [0.5, 0.6) is 5.75 Å². The Morgan fingerprint density at radius 1 is 1.18 bits per heavy atom. The van der Waals surface area contributed by atoms with Gasteiger partial charge in [-0.3, -0.25) is 9.36 Å². The first kappa shape index (κ1) is 22.1. The molecule has 1 aliphatic rings. The molecule has 170 valence electrons. The minimum atomic E-state index is -0.258. The van der Waals surface area contributed by atoms with E-state index < -0.39 is 0 Å². The summed E-state index contributed by atoms with van der Waals surface area (Å²) in [6, 6.07) is 14.0. The normalized spacial score (nSPS) is 15.5. The molecule has 1 atom stereocenters. The van der Waals surface area contributed by atoms with Gasteiger partial charge >= 0.3 is 0 Å². The molecule has 4 aromatic rings. The molecule has 0 fully saturated rings.